The molecule has 0 aromatic heterocycles. The number of rotatable bonds is 5. The van der Waals surface area contributed by atoms with Gasteiger partial charge in [-0.2, -0.15) is 0 Å². The predicted octanol–water partition coefficient (Wildman–Crippen LogP) is 1.96. The highest BCUT2D eigenvalue weighted by Crippen LogP contribution is 2.16. The van der Waals surface area contributed by atoms with Crippen LogP contribution in [0.1, 0.15) is 16.7 Å². The minimum atomic E-state index is -0.758. The van der Waals surface area contributed by atoms with Crippen LogP contribution in [0.2, 0.25) is 0 Å². The summed E-state index contributed by atoms with van der Waals surface area (Å²) >= 11 is 0. The monoisotopic (exact) mass is 326 g/mol. The van der Waals surface area contributed by atoms with Gasteiger partial charge in [0.15, 0.2) is 0 Å². The number of carbonyl (C=O) groups is 2. The van der Waals surface area contributed by atoms with Crippen molar-refractivity contribution in [2.75, 3.05) is 11.9 Å². The zero-order valence-corrected chi connectivity index (χ0v) is 13.9. The lowest BCUT2D eigenvalue weighted by molar-refractivity contribution is -0.136. The summed E-state index contributed by atoms with van der Waals surface area (Å²) in [5, 5.41) is 14.6. The highest BCUT2D eigenvalue weighted by atomic mass is 16.3. The van der Waals surface area contributed by atoms with Gasteiger partial charge < -0.3 is 15.7 Å². The van der Waals surface area contributed by atoms with E-state index in [0.717, 1.165) is 16.7 Å². The molecular weight excluding hydrogens is 304 g/mol. The van der Waals surface area contributed by atoms with Gasteiger partial charge in [0.2, 0.25) is 0 Å². The maximum Gasteiger partial charge on any atom is 0.313 e. The molecule has 2 amide bonds. The molecule has 0 unspecified atom stereocenters. The molecule has 0 bridgehead atoms. The summed E-state index contributed by atoms with van der Waals surface area (Å²) in [4.78, 5) is 24.1. The first-order valence-corrected chi connectivity index (χ1v) is 7.83. The van der Waals surface area contributed by atoms with Crippen molar-refractivity contribution in [3.63, 3.8) is 0 Å². The maximum absolute atomic E-state index is 12.1. The van der Waals surface area contributed by atoms with Crippen LogP contribution in [-0.2, 0) is 16.0 Å². The van der Waals surface area contributed by atoms with Crippen LogP contribution in [-0.4, -0.2) is 29.6 Å². The number of amides is 2. The van der Waals surface area contributed by atoms with Gasteiger partial charge >= 0.3 is 11.8 Å². The summed E-state index contributed by atoms with van der Waals surface area (Å²) < 4.78 is 0. The Kier molecular flexibility index (Phi) is 6.09. The second-order valence-corrected chi connectivity index (χ2v) is 5.82. The molecule has 2 aromatic carbocycles. The predicted molar refractivity (Wildman–Crippen MR) is 93.7 cm³/mol. The number of hydrogen-bond donors (Lipinski definition) is 3. The number of aliphatic hydroxyl groups excluding tert-OH is 1. The molecule has 0 aliphatic carbocycles. The summed E-state index contributed by atoms with van der Waals surface area (Å²) in [5.41, 5.74) is 3.46. The SMILES string of the molecule is Cc1ccc(C)c(NC(=O)C(=O)N[C@@H](CO)Cc2ccccc2)c1. The van der Waals surface area contributed by atoms with Gasteiger partial charge in [-0.3, -0.25) is 9.59 Å². The fourth-order valence-electron chi connectivity index (χ4n) is 2.36. The van der Waals surface area contributed by atoms with E-state index in [4.69, 9.17) is 0 Å². The van der Waals surface area contributed by atoms with Gasteiger partial charge in [0.05, 0.1) is 12.6 Å². The van der Waals surface area contributed by atoms with Crippen LogP contribution in [0.5, 0.6) is 0 Å². The molecule has 0 spiro atoms. The van der Waals surface area contributed by atoms with E-state index in [2.05, 4.69) is 10.6 Å². The zero-order chi connectivity index (χ0) is 17.5. The van der Waals surface area contributed by atoms with Crippen molar-refractivity contribution in [1.29, 1.82) is 0 Å². The Labute approximate surface area is 141 Å². The van der Waals surface area contributed by atoms with Crippen LogP contribution in [0.3, 0.4) is 0 Å². The summed E-state index contributed by atoms with van der Waals surface area (Å²) in [7, 11) is 0. The number of aliphatic hydroxyl groups is 1. The van der Waals surface area contributed by atoms with E-state index >= 15 is 0 Å². The van der Waals surface area contributed by atoms with Crippen LogP contribution >= 0.6 is 0 Å². The second kappa shape index (κ2) is 8.26. The van der Waals surface area contributed by atoms with Gasteiger partial charge in [0.25, 0.3) is 0 Å². The quantitative estimate of drug-likeness (QED) is 0.735. The number of aryl methyl sites for hydroxylation is 2. The number of carbonyl (C=O) groups excluding carboxylic acids is 2. The zero-order valence-electron chi connectivity index (χ0n) is 13.9. The molecule has 0 saturated carbocycles. The van der Waals surface area contributed by atoms with Crippen LogP contribution < -0.4 is 10.6 Å². The van der Waals surface area contributed by atoms with E-state index < -0.39 is 17.9 Å². The summed E-state index contributed by atoms with van der Waals surface area (Å²) in [6.07, 6.45) is 0.458. The van der Waals surface area contributed by atoms with E-state index in [1.807, 2.05) is 62.4 Å². The molecule has 3 N–H and O–H groups in total. The first-order chi connectivity index (χ1) is 11.5. The van der Waals surface area contributed by atoms with E-state index in [0.29, 0.717) is 12.1 Å². The molecule has 1 atom stereocenters. The van der Waals surface area contributed by atoms with E-state index in [9.17, 15) is 14.7 Å². The second-order valence-electron chi connectivity index (χ2n) is 5.82. The third-order valence-corrected chi connectivity index (χ3v) is 3.73. The number of benzene rings is 2. The topological polar surface area (TPSA) is 78.4 Å². The molecule has 0 fully saturated rings. The molecule has 0 radical (unpaired) electrons. The molecule has 126 valence electrons. The summed E-state index contributed by atoms with van der Waals surface area (Å²) in [5.74, 6) is -1.50. The van der Waals surface area contributed by atoms with Gasteiger partial charge in [-0.05, 0) is 43.0 Å². The lowest BCUT2D eigenvalue weighted by Gasteiger charge is -2.16. The first-order valence-electron chi connectivity index (χ1n) is 7.83. The molecule has 0 aliphatic rings. The lowest BCUT2D eigenvalue weighted by atomic mass is 10.1. The van der Waals surface area contributed by atoms with E-state index in [1.54, 1.807) is 0 Å². The van der Waals surface area contributed by atoms with Crippen molar-refractivity contribution < 1.29 is 14.7 Å². The van der Waals surface area contributed by atoms with Crippen molar-refractivity contribution in [3.8, 4) is 0 Å². The van der Waals surface area contributed by atoms with Crippen molar-refractivity contribution in [2.24, 2.45) is 0 Å². The molecular formula is C19H22N2O3. The highest BCUT2D eigenvalue weighted by Gasteiger charge is 2.19. The fraction of sp³-hybridized carbons (Fsp3) is 0.263. The van der Waals surface area contributed by atoms with Crippen molar-refractivity contribution >= 4 is 17.5 Å². The minimum Gasteiger partial charge on any atom is -0.394 e. The molecule has 2 rings (SSSR count). The highest BCUT2D eigenvalue weighted by molar-refractivity contribution is 6.39. The van der Waals surface area contributed by atoms with Gasteiger partial charge in [-0.1, -0.05) is 42.5 Å². The number of anilines is 1. The largest absolute Gasteiger partial charge is 0.394 e. The Hall–Kier alpha value is -2.66. The smallest absolute Gasteiger partial charge is 0.313 e. The molecule has 2 aromatic rings. The third-order valence-electron chi connectivity index (χ3n) is 3.73. The standard InChI is InChI=1S/C19H22N2O3/c1-13-8-9-14(2)17(10-13)21-19(24)18(23)20-16(12-22)11-15-6-4-3-5-7-15/h3-10,16,22H,11-12H2,1-2H3,(H,20,23)(H,21,24)/t16-/m1/s1. The van der Waals surface area contributed by atoms with E-state index in [-0.39, 0.29) is 6.61 Å². The van der Waals surface area contributed by atoms with Crippen LogP contribution in [0, 0.1) is 13.8 Å². The van der Waals surface area contributed by atoms with E-state index in [1.165, 1.54) is 0 Å². The average Bonchev–Trinajstić information content (AvgIpc) is 2.58. The van der Waals surface area contributed by atoms with Crippen LogP contribution in [0.25, 0.3) is 0 Å². The molecule has 0 saturated heterocycles. The van der Waals surface area contributed by atoms with Gasteiger partial charge in [0, 0.05) is 5.69 Å². The van der Waals surface area contributed by atoms with Gasteiger partial charge in [-0.15, -0.1) is 0 Å². The Balaban J connectivity index is 1.97. The Bertz CT molecular complexity index is 714. The Morgan fingerprint density at radius 2 is 1.75 bits per heavy atom. The molecule has 5 heteroatoms. The summed E-state index contributed by atoms with van der Waals surface area (Å²) in [6.45, 7) is 3.53. The van der Waals surface area contributed by atoms with Crippen LogP contribution in [0.15, 0.2) is 48.5 Å². The maximum atomic E-state index is 12.1. The third kappa shape index (κ3) is 4.93. The number of nitrogens with one attached hydrogen (secondary N) is 2. The number of hydrogen-bond acceptors (Lipinski definition) is 3. The lowest BCUT2D eigenvalue weighted by Crippen LogP contribution is -2.44. The summed E-state index contributed by atoms with van der Waals surface area (Å²) in [6, 6.07) is 14.6. The molecule has 5 nitrogen and oxygen atoms in total. The van der Waals surface area contributed by atoms with Crippen molar-refractivity contribution in [2.45, 2.75) is 26.3 Å². The molecule has 24 heavy (non-hydrogen) atoms. The van der Waals surface area contributed by atoms with Gasteiger partial charge in [-0.25, -0.2) is 0 Å². The van der Waals surface area contributed by atoms with Gasteiger partial charge in [0.1, 0.15) is 0 Å². The molecule has 0 aliphatic heterocycles. The van der Waals surface area contributed by atoms with Crippen LogP contribution in [0.4, 0.5) is 5.69 Å². The Morgan fingerprint density at radius 1 is 1.04 bits per heavy atom. The minimum absolute atomic E-state index is 0.239. The van der Waals surface area contributed by atoms with Crippen molar-refractivity contribution in [1.82, 2.24) is 5.32 Å². The first kappa shape index (κ1) is 17.7. The van der Waals surface area contributed by atoms with Crippen molar-refractivity contribution in [3.05, 3.63) is 65.2 Å². The molecule has 0 heterocycles. The Morgan fingerprint density at radius 3 is 2.42 bits per heavy atom. The fourth-order valence-corrected chi connectivity index (χ4v) is 2.36. The average molecular weight is 326 g/mol. The normalized spacial score (nSPS) is 11.6.